The monoisotopic (exact) mass is 180 g/mol. The number of hydrogen-bond donors (Lipinski definition) is 1. The molecule has 0 radical (unpaired) electrons. The van der Waals surface area contributed by atoms with Crippen LogP contribution in [0.25, 0.3) is 0 Å². The predicted molar refractivity (Wildman–Crippen MR) is 52.2 cm³/mol. The van der Waals surface area contributed by atoms with Crippen molar-refractivity contribution in [2.24, 2.45) is 28.6 Å². The summed E-state index contributed by atoms with van der Waals surface area (Å²) >= 11 is 0. The van der Waals surface area contributed by atoms with Crippen LogP contribution in [-0.4, -0.2) is 11.7 Å². The molecule has 4 fully saturated rings. The van der Waals surface area contributed by atoms with Gasteiger partial charge in [-0.3, -0.25) is 0 Å². The first-order chi connectivity index (χ1) is 6.14. The van der Waals surface area contributed by atoms with Crippen molar-refractivity contribution < 1.29 is 5.11 Å². The fourth-order valence-electron chi connectivity index (χ4n) is 4.95. The summed E-state index contributed by atoms with van der Waals surface area (Å²) in [4.78, 5) is 0. The third-order valence-corrected chi connectivity index (χ3v) is 5.98. The lowest BCUT2D eigenvalue weighted by Crippen LogP contribution is -2.27. The summed E-state index contributed by atoms with van der Waals surface area (Å²) in [6.45, 7) is 5.38. The second-order valence-corrected chi connectivity index (χ2v) is 5.91. The highest BCUT2D eigenvalue weighted by Crippen LogP contribution is 2.86. The third-order valence-electron chi connectivity index (χ3n) is 5.98. The second-order valence-electron chi connectivity index (χ2n) is 5.91. The molecule has 0 spiro atoms. The van der Waals surface area contributed by atoms with Crippen LogP contribution in [-0.2, 0) is 0 Å². The number of aliphatic hydroxyl groups excluding tert-OH is 1. The Morgan fingerprint density at radius 1 is 1.23 bits per heavy atom. The zero-order valence-corrected chi connectivity index (χ0v) is 8.71. The van der Waals surface area contributed by atoms with Gasteiger partial charge in [0.15, 0.2) is 0 Å². The molecule has 2 unspecified atom stereocenters. The quantitative estimate of drug-likeness (QED) is 0.707. The summed E-state index contributed by atoms with van der Waals surface area (Å²) in [6, 6.07) is 0. The van der Waals surface area contributed by atoms with Gasteiger partial charge >= 0.3 is 0 Å². The molecule has 0 aromatic rings. The van der Waals surface area contributed by atoms with Gasteiger partial charge in [-0.05, 0) is 54.3 Å². The molecule has 4 aliphatic rings. The molecule has 0 amide bonds. The maximum Gasteiger partial charge on any atom is 0.0431 e. The van der Waals surface area contributed by atoms with Crippen molar-refractivity contribution in [1.82, 2.24) is 0 Å². The van der Waals surface area contributed by atoms with Gasteiger partial charge in [0.05, 0.1) is 0 Å². The minimum Gasteiger partial charge on any atom is -0.396 e. The summed E-state index contributed by atoms with van der Waals surface area (Å²) in [5, 5.41) is 8.92. The van der Waals surface area contributed by atoms with Crippen LogP contribution in [0, 0.1) is 28.6 Å². The molecule has 4 saturated carbocycles. The van der Waals surface area contributed by atoms with E-state index in [-0.39, 0.29) is 0 Å². The zero-order valence-electron chi connectivity index (χ0n) is 8.71. The van der Waals surface area contributed by atoms with Crippen molar-refractivity contribution in [3.8, 4) is 0 Å². The third kappa shape index (κ3) is 0.674. The van der Waals surface area contributed by atoms with Crippen LogP contribution in [0.5, 0.6) is 0 Å². The number of rotatable bonds is 3. The Morgan fingerprint density at radius 2 is 1.85 bits per heavy atom. The van der Waals surface area contributed by atoms with Crippen LogP contribution >= 0.6 is 0 Å². The van der Waals surface area contributed by atoms with Crippen molar-refractivity contribution in [3.05, 3.63) is 0 Å². The maximum atomic E-state index is 8.92. The van der Waals surface area contributed by atoms with E-state index in [4.69, 9.17) is 5.11 Å². The van der Waals surface area contributed by atoms with Gasteiger partial charge in [0.25, 0.3) is 0 Å². The molecule has 1 nitrogen and oxygen atoms in total. The molecule has 1 heteroatoms. The lowest BCUT2D eigenvalue weighted by Gasteiger charge is -2.34. The fourth-order valence-corrected chi connectivity index (χ4v) is 4.95. The Bertz CT molecular complexity index is 236. The first kappa shape index (κ1) is 8.28. The first-order valence-corrected chi connectivity index (χ1v) is 5.75. The molecule has 1 N–H and O–H groups in total. The topological polar surface area (TPSA) is 20.2 Å². The van der Waals surface area contributed by atoms with E-state index in [1.807, 2.05) is 0 Å². The number of hydrogen-bond acceptors (Lipinski definition) is 1. The average Bonchev–Trinajstić information content (AvgIpc) is 2.54. The van der Waals surface area contributed by atoms with Gasteiger partial charge < -0.3 is 5.11 Å². The summed E-state index contributed by atoms with van der Waals surface area (Å²) < 4.78 is 0. The molecular formula is C12H20O. The Balaban J connectivity index is 1.84. The van der Waals surface area contributed by atoms with Crippen molar-refractivity contribution in [2.75, 3.05) is 6.61 Å². The van der Waals surface area contributed by atoms with Gasteiger partial charge in [-0.15, -0.1) is 0 Å². The molecule has 0 saturated heterocycles. The van der Waals surface area contributed by atoms with Crippen LogP contribution < -0.4 is 0 Å². The minimum absolute atomic E-state index is 0.383. The van der Waals surface area contributed by atoms with Gasteiger partial charge in [0.1, 0.15) is 0 Å². The second kappa shape index (κ2) is 2.13. The highest BCUT2D eigenvalue weighted by atomic mass is 16.2. The lowest BCUT2D eigenvalue weighted by atomic mass is 9.71. The normalized spacial score (nSPS) is 61.6. The summed E-state index contributed by atoms with van der Waals surface area (Å²) in [5.41, 5.74) is 1.28. The zero-order chi connectivity index (χ0) is 9.27. The molecule has 4 aliphatic carbocycles. The van der Waals surface area contributed by atoms with Crippen molar-refractivity contribution >= 4 is 0 Å². The van der Waals surface area contributed by atoms with Crippen LogP contribution in [0.4, 0.5) is 0 Å². The largest absolute Gasteiger partial charge is 0.396 e. The summed E-state index contributed by atoms with van der Waals surface area (Å²) in [6.07, 6.45) is 5.28. The highest BCUT2D eigenvalue weighted by molar-refractivity contribution is 5.28. The standard InChI is InChI=1S/C12H20O/c1-11(4-3-5-13)8-6-9-10(7-8)12(9,11)2/h8-10,13H,3-7H2,1-2H3/t8?,9?,10?,11-,12?/m1/s1. The van der Waals surface area contributed by atoms with E-state index in [1.165, 1.54) is 19.3 Å². The van der Waals surface area contributed by atoms with Crippen LogP contribution in [0.15, 0.2) is 0 Å². The fraction of sp³-hybridized carbons (Fsp3) is 1.00. The van der Waals surface area contributed by atoms with E-state index in [9.17, 15) is 0 Å². The molecule has 4 bridgehead atoms. The van der Waals surface area contributed by atoms with Gasteiger partial charge in [-0.2, -0.15) is 0 Å². The summed E-state index contributed by atoms with van der Waals surface area (Å²) in [5.74, 6) is 3.14. The maximum absolute atomic E-state index is 8.92. The molecule has 3 atom stereocenters. The molecule has 0 aliphatic heterocycles. The van der Waals surface area contributed by atoms with E-state index >= 15 is 0 Å². The molecule has 74 valence electrons. The SMILES string of the molecule is CC12C3CC(CC31)[C@@]2(C)CCCO. The van der Waals surface area contributed by atoms with Crippen molar-refractivity contribution in [1.29, 1.82) is 0 Å². The molecule has 13 heavy (non-hydrogen) atoms. The Kier molecular flexibility index (Phi) is 1.36. The van der Waals surface area contributed by atoms with Gasteiger partial charge in [-0.1, -0.05) is 13.8 Å². The molecular weight excluding hydrogens is 160 g/mol. The van der Waals surface area contributed by atoms with Gasteiger partial charge in [0.2, 0.25) is 0 Å². The Hall–Kier alpha value is -0.0400. The Morgan fingerprint density at radius 3 is 2.23 bits per heavy atom. The lowest BCUT2D eigenvalue weighted by molar-refractivity contribution is 0.134. The van der Waals surface area contributed by atoms with Gasteiger partial charge in [-0.25, -0.2) is 0 Å². The van der Waals surface area contributed by atoms with E-state index in [2.05, 4.69) is 13.8 Å². The van der Waals surface area contributed by atoms with Crippen molar-refractivity contribution in [2.45, 2.75) is 39.5 Å². The van der Waals surface area contributed by atoms with Crippen molar-refractivity contribution in [3.63, 3.8) is 0 Å². The molecule has 0 aromatic heterocycles. The van der Waals surface area contributed by atoms with Crippen LogP contribution in [0.1, 0.15) is 39.5 Å². The molecule has 4 rings (SSSR count). The number of aliphatic hydroxyl groups is 1. The average molecular weight is 180 g/mol. The Labute approximate surface area is 80.5 Å². The highest BCUT2D eigenvalue weighted by Gasteiger charge is 2.80. The summed E-state index contributed by atoms with van der Waals surface area (Å²) in [7, 11) is 0. The van der Waals surface area contributed by atoms with Crippen LogP contribution in [0.3, 0.4) is 0 Å². The first-order valence-electron chi connectivity index (χ1n) is 5.75. The predicted octanol–water partition coefficient (Wildman–Crippen LogP) is 2.44. The van der Waals surface area contributed by atoms with E-state index in [0.29, 0.717) is 17.4 Å². The molecule has 0 aromatic carbocycles. The van der Waals surface area contributed by atoms with E-state index in [1.54, 1.807) is 0 Å². The minimum atomic E-state index is 0.383. The smallest absolute Gasteiger partial charge is 0.0431 e. The van der Waals surface area contributed by atoms with Gasteiger partial charge in [0, 0.05) is 6.61 Å². The van der Waals surface area contributed by atoms with E-state index < -0.39 is 0 Å². The van der Waals surface area contributed by atoms with E-state index in [0.717, 1.165) is 24.2 Å². The van der Waals surface area contributed by atoms with Crippen LogP contribution in [0.2, 0.25) is 0 Å². The molecule has 0 heterocycles.